The molecule has 0 aromatic carbocycles. The van der Waals surface area contributed by atoms with Gasteiger partial charge in [0.15, 0.2) is 0 Å². The summed E-state index contributed by atoms with van der Waals surface area (Å²) in [5, 5.41) is 0.283. The number of fused-ring (bicyclic) bond motifs is 1. The van der Waals surface area contributed by atoms with Gasteiger partial charge in [-0.1, -0.05) is 11.6 Å². The maximum atomic E-state index is 12.7. The van der Waals surface area contributed by atoms with E-state index in [2.05, 4.69) is 32.9 Å². The lowest BCUT2D eigenvalue weighted by Gasteiger charge is -2.46. The summed E-state index contributed by atoms with van der Waals surface area (Å²) in [6.45, 7) is 2.81. The molecule has 2 atom stereocenters. The van der Waals surface area contributed by atoms with Crippen molar-refractivity contribution in [2.24, 2.45) is 5.92 Å². The molecule has 4 nitrogen and oxygen atoms in total. The Morgan fingerprint density at radius 2 is 2.24 bits per heavy atom. The number of carbonyl (C=O) groups excluding carboxylic acids is 1. The van der Waals surface area contributed by atoms with Crippen molar-refractivity contribution in [1.29, 1.82) is 0 Å². The number of hydrogen-bond donors (Lipinski definition) is 0. The highest BCUT2D eigenvalue weighted by Gasteiger charge is 2.36. The van der Waals surface area contributed by atoms with Crippen LogP contribution in [0.4, 0.5) is 0 Å². The fourth-order valence-corrected chi connectivity index (χ4v) is 4.10. The van der Waals surface area contributed by atoms with Gasteiger partial charge in [-0.15, -0.1) is 0 Å². The number of amides is 1. The molecular formula is C15H19BrClN3O. The Kier molecular flexibility index (Phi) is 4.52. The molecule has 0 saturated carbocycles. The molecule has 21 heavy (non-hydrogen) atoms. The van der Waals surface area contributed by atoms with Crippen molar-refractivity contribution in [2.45, 2.75) is 25.3 Å². The number of rotatable bonds is 1. The molecule has 2 fully saturated rings. The third kappa shape index (κ3) is 3.10. The van der Waals surface area contributed by atoms with Gasteiger partial charge in [0, 0.05) is 29.8 Å². The van der Waals surface area contributed by atoms with Gasteiger partial charge in [0.05, 0.1) is 5.56 Å². The molecule has 0 bridgehead atoms. The lowest BCUT2D eigenvalue weighted by molar-refractivity contribution is 0.0316. The van der Waals surface area contributed by atoms with Crippen LogP contribution in [0.5, 0.6) is 0 Å². The summed E-state index contributed by atoms with van der Waals surface area (Å²) in [5.41, 5.74) is 0.494. The van der Waals surface area contributed by atoms with E-state index in [9.17, 15) is 4.79 Å². The first-order valence-electron chi connectivity index (χ1n) is 7.37. The summed E-state index contributed by atoms with van der Waals surface area (Å²) in [6.07, 6.45) is 5.09. The van der Waals surface area contributed by atoms with Gasteiger partial charge in [-0.3, -0.25) is 4.79 Å². The number of carbonyl (C=O) groups is 1. The average Bonchev–Trinajstić information content (AvgIpc) is 2.49. The van der Waals surface area contributed by atoms with Crippen molar-refractivity contribution < 1.29 is 4.79 Å². The zero-order chi connectivity index (χ0) is 15.0. The lowest BCUT2D eigenvalue weighted by Crippen LogP contribution is -2.53. The molecule has 0 N–H and O–H groups in total. The van der Waals surface area contributed by atoms with Crippen molar-refractivity contribution in [3.63, 3.8) is 0 Å². The van der Waals surface area contributed by atoms with E-state index in [0.29, 0.717) is 17.5 Å². The molecule has 0 spiro atoms. The third-order valence-electron chi connectivity index (χ3n) is 4.67. The maximum absolute atomic E-state index is 12.7. The van der Waals surface area contributed by atoms with Crippen LogP contribution in [0.15, 0.2) is 16.7 Å². The number of likely N-dealkylation sites (tertiary alicyclic amines) is 2. The number of halogens is 2. The quantitative estimate of drug-likeness (QED) is 0.711. The number of piperidine rings is 2. The Morgan fingerprint density at radius 1 is 1.43 bits per heavy atom. The summed E-state index contributed by atoms with van der Waals surface area (Å²) >= 11 is 9.44. The van der Waals surface area contributed by atoms with Gasteiger partial charge in [-0.05, 0) is 60.8 Å². The zero-order valence-electron chi connectivity index (χ0n) is 12.1. The zero-order valence-corrected chi connectivity index (χ0v) is 14.4. The maximum Gasteiger partial charge on any atom is 0.257 e. The molecule has 1 aromatic heterocycles. The molecule has 1 amide bonds. The van der Waals surface area contributed by atoms with Crippen LogP contribution in [0, 0.1) is 5.92 Å². The van der Waals surface area contributed by atoms with Crippen LogP contribution >= 0.6 is 27.5 Å². The van der Waals surface area contributed by atoms with E-state index in [0.717, 1.165) is 24.0 Å². The Hall–Kier alpha value is -0.650. The summed E-state index contributed by atoms with van der Waals surface area (Å²) in [5.74, 6) is 0.584. The van der Waals surface area contributed by atoms with E-state index in [4.69, 9.17) is 11.6 Å². The normalized spacial score (nSPS) is 26.5. The Morgan fingerprint density at radius 3 is 3.05 bits per heavy atom. The third-order valence-corrected chi connectivity index (χ3v) is 5.40. The van der Waals surface area contributed by atoms with Crippen LogP contribution in [-0.4, -0.2) is 53.4 Å². The standard InChI is InChI=1S/C15H19BrClN3O/c1-19-5-2-3-10-9-20(6-4-13(10)19)15(21)12-7-11(16)8-18-14(12)17/h7-8,10,13H,2-6,9H2,1H3. The Labute approximate surface area is 138 Å². The summed E-state index contributed by atoms with van der Waals surface area (Å²) < 4.78 is 0.780. The molecule has 3 rings (SSSR count). The van der Waals surface area contributed by atoms with Crippen LogP contribution in [0.25, 0.3) is 0 Å². The first kappa shape index (κ1) is 15.3. The van der Waals surface area contributed by atoms with Gasteiger partial charge < -0.3 is 9.80 Å². The molecule has 1 aromatic rings. The average molecular weight is 373 g/mol. The second-order valence-corrected chi connectivity index (χ2v) is 7.26. The molecule has 2 unspecified atom stereocenters. The SMILES string of the molecule is CN1CCCC2CN(C(=O)c3cc(Br)cnc3Cl)CCC21. The first-order valence-corrected chi connectivity index (χ1v) is 8.54. The number of aromatic nitrogens is 1. The summed E-state index contributed by atoms with van der Waals surface area (Å²) in [7, 11) is 2.20. The fourth-order valence-electron chi connectivity index (χ4n) is 3.58. The van der Waals surface area contributed by atoms with Gasteiger partial charge in [0.2, 0.25) is 0 Å². The highest BCUT2D eigenvalue weighted by molar-refractivity contribution is 9.10. The highest BCUT2D eigenvalue weighted by atomic mass is 79.9. The molecule has 0 radical (unpaired) electrons. The monoisotopic (exact) mass is 371 g/mol. The van der Waals surface area contributed by atoms with Crippen LogP contribution in [0.1, 0.15) is 29.6 Å². The molecule has 0 aliphatic carbocycles. The minimum Gasteiger partial charge on any atom is -0.338 e. The van der Waals surface area contributed by atoms with E-state index < -0.39 is 0 Å². The van der Waals surface area contributed by atoms with Gasteiger partial charge in [-0.25, -0.2) is 4.98 Å². The van der Waals surface area contributed by atoms with Gasteiger partial charge in [0.1, 0.15) is 5.15 Å². The smallest absolute Gasteiger partial charge is 0.257 e. The lowest BCUT2D eigenvalue weighted by atomic mass is 9.84. The van der Waals surface area contributed by atoms with E-state index in [1.54, 1.807) is 12.3 Å². The molecule has 2 aliphatic heterocycles. The van der Waals surface area contributed by atoms with Crippen molar-refractivity contribution in [3.8, 4) is 0 Å². The molecule has 2 saturated heterocycles. The second-order valence-electron chi connectivity index (χ2n) is 5.98. The molecule has 6 heteroatoms. The number of pyridine rings is 1. The van der Waals surface area contributed by atoms with E-state index in [1.165, 1.54) is 19.4 Å². The van der Waals surface area contributed by atoms with Crippen molar-refractivity contribution in [1.82, 2.24) is 14.8 Å². The van der Waals surface area contributed by atoms with Crippen LogP contribution in [0.2, 0.25) is 5.15 Å². The molecule has 3 heterocycles. The van der Waals surface area contributed by atoms with E-state index >= 15 is 0 Å². The fraction of sp³-hybridized carbons (Fsp3) is 0.600. The van der Waals surface area contributed by atoms with Gasteiger partial charge in [0.25, 0.3) is 5.91 Å². The predicted molar refractivity (Wildman–Crippen MR) is 86.6 cm³/mol. The molecule has 114 valence electrons. The Bertz CT molecular complexity index is 554. The minimum absolute atomic E-state index is 0.000441. The summed E-state index contributed by atoms with van der Waals surface area (Å²) in [6, 6.07) is 2.38. The topological polar surface area (TPSA) is 36.4 Å². The number of hydrogen-bond acceptors (Lipinski definition) is 3. The van der Waals surface area contributed by atoms with Crippen LogP contribution < -0.4 is 0 Å². The van der Waals surface area contributed by atoms with E-state index in [-0.39, 0.29) is 11.1 Å². The van der Waals surface area contributed by atoms with E-state index in [1.807, 2.05) is 4.90 Å². The highest BCUT2D eigenvalue weighted by Crippen LogP contribution is 2.31. The van der Waals surface area contributed by atoms with Crippen LogP contribution in [-0.2, 0) is 0 Å². The summed E-state index contributed by atoms with van der Waals surface area (Å²) in [4.78, 5) is 21.1. The van der Waals surface area contributed by atoms with Crippen molar-refractivity contribution in [3.05, 3.63) is 27.5 Å². The Balaban J connectivity index is 1.76. The predicted octanol–water partition coefficient (Wildman–Crippen LogP) is 3.05. The second kappa shape index (κ2) is 6.23. The molecular weight excluding hydrogens is 354 g/mol. The molecule has 2 aliphatic rings. The van der Waals surface area contributed by atoms with Gasteiger partial charge >= 0.3 is 0 Å². The first-order chi connectivity index (χ1) is 10.1. The number of nitrogens with zero attached hydrogens (tertiary/aromatic N) is 3. The largest absolute Gasteiger partial charge is 0.338 e. The van der Waals surface area contributed by atoms with Gasteiger partial charge in [-0.2, -0.15) is 0 Å². The minimum atomic E-state index is 0.000441. The van der Waals surface area contributed by atoms with Crippen molar-refractivity contribution >= 4 is 33.4 Å². The van der Waals surface area contributed by atoms with Crippen molar-refractivity contribution in [2.75, 3.05) is 26.7 Å². The van der Waals surface area contributed by atoms with Crippen LogP contribution in [0.3, 0.4) is 0 Å².